The lowest BCUT2D eigenvalue weighted by Gasteiger charge is -2.29. The van der Waals surface area contributed by atoms with Crippen molar-refractivity contribution in [3.05, 3.63) is 6.33 Å². The maximum Gasteiger partial charge on any atom is 0.204 e. The van der Waals surface area contributed by atoms with Crippen molar-refractivity contribution in [3.63, 3.8) is 0 Å². The van der Waals surface area contributed by atoms with Gasteiger partial charge in [0, 0.05) is 7.05 Å². The molecule has 6 nitrogen and oxygen atoms in total. The van der Waals surface area contributed by atoms with E-state index in [4.69, 9.17) is 4.74 Å². The molecule has 1 aromatic rings. The van der Waals surface area contributed by atoms with Gasteiger partial charge < -0.3 is 20.5 Å². The van der Waals surface area contributed by atoms with E-state index in [1.807, 2.05) is 0 Å². The number of nitrogens with one attached hydrogen (secondary N) is 2. The quantitative estimate of drug-likeness (QED) is 0.732. The van der Waals surface area contributed by atoms with Crippen molar-refractivity contribution >= 4 is 11.6 Å². The van der Waals surface area contributed by atoms with Crippen LogP contribution in [0.1, 0.15) is 25.7 Å². The Morgan fingerprint density at radius 1 is 1.33 bits per heavy atom. The van der Waals surface area contributed by atoms with Crippen LogP contribution in [0.15, 0.2) is 6.33 Å². The first kappa shape index (κ1) is 12.9. The minimum absolute atomic E-state index is 0.106. The molecule has 1 heterocycles. The van der Waals surface area contributed by atoms with Crippen LogP contribution in [-0.2, 0) is 0 Å². The molecule has 1 fully saturated rings. The number of aliphatic hydroxyl groups is 1. The molecule has 1 saturated carbocycles. The van der Waals surface area contributed by atoms with E-state index in [1.165, 1.54) is 6.33 Å². The fourth-order valence-electron chi connectivity index (χ4n) is 2.46. The Hall–Kier alpha value is -1.56. The Bertz CT molecular complexity index is 405. The monoisotopic (exact) mass is 252 g/mol. The molecule has 1 aliphatic carbocycles. The summed E-state index contributed by atoms with van der Waals surface area (Å²) >= 11 is 0. The molecule has 3 N–H and O–H groups in total. The molecule has 0 aliphatic heterocycles. The number of nitrogens with zero attached hydrogens (tertiary/aromatic N) is 2. The molecule has 0 aromatic carbocycles. The van der Waals surface area contributed by atoms with Gasteiger partial charge in [0.2, 0.25) is 5.75 Å². The summed E-state index contributed by atoms with van der Waals surface area (Å²) in [6.07, 6.45) is 5.63. The molecule has 0 atom stereocenters. The van der Waals surface area contributed by atoms with Crippen molar-refractivity contribution in [1.82, 2.24) is 9.97 Å². The lowest BCUT2D eigenvalue weighted by atomic mass is 9.99. The molecule has 0 bridgehead atoms. The first-order chi connectivity index (χ1) is 8.74. The summed E-state index contributed by atoms with van der Waals surface area (Å²) in [5.41, 5.74) is -0.271. The molecule has 6 heteroatoms. The van der Waals surface area contributed by atoms with Crippen LogP contribution in [0.25, 0.3) is 0 Å². The highest BCUT2D eigenvalue weighted by Crippen LogP contribution is 2.36. The second-order valence-electron chi connectivity index (χ2n) is 4.62. The number of hydrogen-bond acceptors (Lipinski definition) is 6. The number of anilines is 2. The highest BCUT2D eigenvalue weighted by atomic mass is 16.5. The van der Waals surface area contributed by atoms with Gasteiger partial charge in [0.15, 0.2) is 11.6 Å². The normalized spacial score (nSPS) is 17.5. The topological polar surface area (TPSA) is 79.3 Å². The van der Waals surface area contributed by atoms with Crippen molar-refractivity contribution in [2.45, 2.75) is 31.2 Å². The number of hydrogen-bond donors (Lipinski definition) is 3. The van der Waals surface area contributed by atoms with Gasteiger partial charge in [-0.1, -0.05) is 12.8 Å². The lowest BCUT2D eigenvalue weighted by molar-refractivity contribution is 0.213. The molecule has 1 aliphatic rings. The van der Waals surface area contributed by atoms with Crippen LogP contribution in [0.4, 0.5) is 11.6 Å². The second kappa shape index (κ2) is 5.39. The molecule has 0 radical (unpaired) electrons. The Balaban J connectivity index is 2.27. The standard InChI is InChI=1S/C12H20N4O2/c1-13-10-9(18-2)11(15-8-14-10)16-12(7-17)5-3-4-6-12/h8,17H,3-7H2,1-2H3,(H2,13,14,15,16). The summed E-state index contributed by atoms with van der Waals surface area (Å²) in [4.78, 5) is 8.32. The van der Waals surface area contributed by atoms with E-state index in [1.54, 1.807) is 14.2 Å². The summed E-state index contributed by atoms with van der Waals surface area (Å²) in [6, 6.07) is 0. The van der Waals surface area contributed by atoms with Crippen molar-refractivity contribution in [2.24, 2.45) is 0 Å². The summed E-state index contributed by atoms with van der Waals surface area (Å²) in [7, 11) is 3.37. The third-order valence-electron chi connectivity index (χ3n) is 3.49. The van der Waals surface area contributed by atoms with Crippen LogP contribution < -0.4 is 15.4 Å². The van der Waals surface area contributed by atoms with E-state index < -0.39 is 0 Å². The molecule has 1 aromatic heterocycles. The maximum absolute atomic E-state index is 9.61. The van der Waals surface area contributed by atoms with Gasteiger partial charge in [-0.25, -0.2) is 9.97 Å². The van der Waals surface area contributed by atoms with E-state index >= 15 is 0 Å². The summed E-state index contributed by atoms with van der Waals surface area (Å²) < 4.78 is 5.34. The van der Waals surface area contributed by atoms with Gasteiger partial charge in [0.05, 0.1) is 19.3 Å². The van der Waals surface area contributed by atoms with E-state index in [2.05, 4.69) is 20.6 Å². The molecular formula is C12H20N4O2. The van der Waals surface area contributed by atoms with Gasteiger partial charge in [0.25, 0.3) is 0 Å². The van der Waals surface area contributed by atoms with E-state index in [0.717, 1.165) is 25.7 Å². The molecule has 18 heavy (non-hydrogen) atoms. The zero-order valence-corrected chi connectivity index (χ0v) is 10.9. The number of methoxy groups -OCH3 is 1. The lowest BCUT2D eigenvalue weighted by Crippen LogP contribution is -2.39. The number of aliphatic hydroxyl groups excluding tert-OH is 1. The average Bonchev–Trinajstić information content (AvgIpc) is 2.87. The zero-order chi connectivity index (χ0) is 13.0. The Morgan fingerprint density at radius 2 is 2.00 bits per heavy atom. The van der Waals surface area contributed by atoms with Crippen LogP contribution in [0.5, 0.6) is 5.75 Å². The first-order valence-corrected chi connectivity index (χ1v) is 6.20. The van der Waals surface area contributed by atoms with Crippen LogP contribution in [-0.4, -0.2) is 41.4 Å². The Kier molecular flexibility index (Phi) is 3.86. The predicted molar refractivity (Wildman–Crippen MR) is 70.0 cm³/mol. The van der Waals surface area contributed by atoms with Gasteiger partial charge in [0.1, 0.15) is 6.33 Å². The zero-order valence-electron chi connectivity index (χ0n) is 10.9. The number of rotatable bonds is 5. The van der Waals surface area contributed by atoms with E-state index in [-0.39, 0.29) is 12.1 Å². The molecule has 0 saturated heterocycles. The molecule has 0 amide bonds. The third kappa shape index (κ3) is 2.33. The minimum Gasteiger partial charge on any atom is -0.490 e. The van der Waals surface area contributed by atoms with E-state index in [0.29, 0.717) is 17.4 Å². The second-order valence-corrected chi connectivity index (χ2v) is 4.62. The fourth-order valence-corrected chi connectivity index (χ4v) is 2.46. The smallest absolute Gasteiger partial charge is 0.204 e. The van der Waals surface area contributed by atoms with Gasteiger partial charge in [-0.05, 0) is 12.8 Å². The highest BCUT2D eigenvalue weighted by Gasteiger charge is 2.34. The number of ether oxygens (including phenoxy) is 1. The average molecular weight is 252 g/mol. The first-order valence-electron chi connectivity index (χ1n) is 6.20. The van der Waals surface area contributed by atoms with Gasteiger partial charge in [-0.3, -0.25) is 0 Å². The van der Waals surface area contributed by atoms with Gasteiger partial charge in [-0.2, -0.15) is 0 Å². The summed E-state index contributed by atoms with van der Waals surface area (Å²) in [5.74, 6) is 1.86. The molecule has 100 valence electrons. The van der Waals surface area contributed by atoms with Gasteiger partial charge in [-0.15, -0.1) is 0 Å². The van der Waals surface area contributed by atoms with Gasteiger partial charge >= 0.3 is 0 Å². The number of aromatic nitrogens is 2. The molecule has 0 unspecified atom stereocenters. The molecule has 2 rings (SSSR count). The molecular weight excluding hydrogens is 232 g/mol. The van der Waals surface area contributed by atoms with Crippen LogP contribution in [0.2, 0.25) is 0 Å². The summed E-state index contributed by atoms with van der Waals surface area (Å²) in [5, 5.41) is 15.9. The Labute approximate surface area is 107 Å². The fraction of sp³-hybridized carbons (Fsp3) is 0.667. The van der Waals surface area contributed by atoms with E-state index in [9.17, 15) is 5.11 Å². The van der Waals surface area contributed by atoms with Crippen molar-refractivity contribution in [3.8, 4) is 5.75 Å². The van der Waals surface area contributed by atoms with Crippen molar-refractivity contribution in [2.75, 3.05) is 31.4 Å². The largest absolute Gasteiger partial charge is 0.490 e. The molecule has 0 spiro atoms. The highest BCUT2D eigenvalue weighted by molar-refractivity contribution is 5.64. The van der Waals surface area contributed by atoms with Crippen molar-refractivity contribution < 1.29 is 9.84 Å². The minimum atomic E-state index is -0.271. The predicted octanol–water partition coefficient (Wildman–Crippen LogP) is 1.24. The van der Waals surface area contributed by atoms with Crippen LogP contribution in [0.3, 0.4) is 0 Å². The summed E-state index contributed by atoms with van der Waals surface area (Å²) in [6.45, 7) is 0.106. The van der Waals surface area contributed by atoms with Crippen LogP contribution >= 0.6 is 0 Å². The maximum atomic E-state index is 9.61. The van der Waals surface area contributed by atoms with Crippen molar-refractivity contribution in [1.29, 1.82) is 0 Å². The third-order valence-corrected chi connectivity index (χ3v) is 3.49. The SMILES string of the molecule is CNc1ncnc(NC2(CO)CCCC2)c1OC. The Morgan fingerprint density at radius 3 is 2.56 bits per heavy atom. The van der Waals surface area contributed by atoms with Crippen LogP contribution in [0, 0.1) is 0 Å².